The van der Waals surface area contributed by atoms with Crippen molar-refractivity contribution in [3.05, 3.63) is 46.2 Å². The SMILES string of the molecule is CN.Cc1ncc([N+](=O)[O-])n1CC(O)CN1CCN(c2ccc(N3CC(C)OC3=O)cc2F)CC1. The molecule has 2 unspecified atom stereocenters. The van der Waals surface area contributed by atoms with Gasteiger partial charge in [0, 0.05) is 39.6 Å². The van der Waals surface area contributed by atoms with Crippen LogP contribution in [0.4, 0.5) is 26.4 Å². The first-order valence-corrected chi connectivity index (χ1v) is 11.4. The number of nitrogens with zero attached hydrogens (tertiary/aromatic N) is 6. The number of nitrogens with two attached hydrogens (primary N) is 1. The highest BCUT2D eigenvalue weighted by Gasteiger charge is 2.30. The third-order valence-electron chi connectivity index (χ3n) is 6.00. The number of carbonyl (C=O) groups is 1. The molecule has 0 radical (unpaired) electrons. The van der Waals surface area contributed by atoms with Crippen molar-refractivity contribution >= 4 is 23.3 Å². The van der Waals surface area contributed by atoms with E-state index in [2.05, 4.69) is 10.7 Å². The highest BCUT2D eigenvalue weighted by Crippen LogP contribution is 2.28. The third kappa shape index (κ3) is 6.05. The molecular weight excluding hydrogens is 461 g/mol. The lowest BCUT2D eigenvalue weighted by molar-refractivity contribution is -0.392. The molecule has 2 aliphatic rings. The predicted molar refractivity (Wildman–Crippen MR) is 128 cm³/mol. The molecule has 0 bridgehead atoms. The highest BCUT2D eigenvalue weighted by atomic mass is 19.1. The van der Waals surface area contributed by atoms with Gasteiger partial charge in [-0.1, -0.05) is 0 Å². The number of aromatic nitrogens is 2. The smallest absolute Gasteiger partial charge is 0.414 e. The van der Waals surface area contributed by atoms with Gasteiger partial charge < -0.3 is 30.6 Å². The topological polar surface area (TPSA) is 143 Å². The van der Waals surface area contributed by atoms with Crippen LogP contribution in [-0.4, -0.2) is 89.1 Å². The van der Waals surface area contributed by atoms with Gasteiger partial charge in [-0.15, -0.1) is 0 Å². The highest BCUT2D eigenvalue weighted by molar-refractivity contribution is 5.90. The lowest BCUT2D eigenvalue weighted by Crippen LogP contribution is -2.49. The molecule has 3 N–H and O–H groups in total. The Balaban J connectivity index is 0.00000167. The van der Waals surface area contributed by atoms with E-state index in [0.29, 0.717) is 56.5 Å². The van der Waals surface area contributed by atoms with Gasteiger partial charge in [-0.25, -0.2) is 18.7 Å². The van der Waals surface area contributed by atoms with E-state index in [1.807, 2.05) is 9.80 Å². The first-order valence-electron chi connectivity index (χ1n) is 11.4. The van der Waals surface area contributed by atoms with Gasteiger partial charge >= 0.3 is 11.9 Å². The van der Waals surface area contributed by atoms with Crippen molar-refractivity contribution in [2.24, 2.45) is 5.73 Å². The number of hydrogen-bond acceptors (Lipinski definition) is 9. The molecule has 2 saturated heterocycles. The van der Waals surface area contributed by atoms with Gasteiger partial charge in [0.05, 0.1) is 17.9 Å². The summed E-state index contributed by atoms with van der Waals surface area (Å²) in [7, 11) is 1.50. The Bertz CT molecular complexity index is 1040. The molecule has 1 amide bonds. The van der Waals surface area contributed by atoms with E-state index in [-0.39, 0.29) is 18.5 Å². The second kappa shape index (κ2) is 11.4. The molecule has 1 aromatic heterocycles. The van der Waals surface area contributed by atoms with Crippen LogP contribution in [0, 0.1) is 22.9 Å². The number of halogens is 1. The average molecular weight is 494 g/mol. The number of β-amino-alcohol motifs (C(OH)–C–C–N with tert-alkyl or cyclic N) is 1. The minimum atomic E-state index is -0.804. The van der Waals surface area contributed by atoms with Crippen LogP contribution in [0.5, 0.6) is 0 Å². The standard InChI is InChI=1S/C21H27FN6O5.CH5N/c1-14-11-27(21(30)33-14)16-3-4-19(18(22)9-16)25-7-5-24(6-8-25)12-17(29)13-26-15(2)23-10-20(26)28(31)32;1-2/h3-4,9-10,14,17,29H,5-8,11-13H2,1-2H3;2H2,1H3. The number of cyclic esters (lactones) is 1. The number of piperazine rings is 1. The number of aliphatic hydroxyl groups is 1. The lowest BCUT2D eigenvalue weighted by atomic mass is 10.2. The molecule has 13 heteroatoms. The summed E-state index contributed by atoms with van der Waals surface area (Å²) in [4.78, 5) is 31.8. The quantitative estimate of drug-likeness (QED) is 0.431. The molecule has 2 aromatic rings. The maximum atomic E-state index is 14.8. The largest absolute Gasteiger partial charge is 0.444 e. The molecule has 0 aliphatic carbocycles. The van der Waals surface area contributed by atoms with E-state index in [0.717, 1.165) is 0 Å². The van der Waals surface area contributed by atoms with Crippen molar-refractivity contribution < 1.29 is 24.0 Å². The summed E-state index contributed by atoms with van der Waals surface area (Å²) in [5, 5.41) is 21.6. The number of anilines is 2. The van der Waals surface area contributed by atoms with Gasteiger partial charge in [0.25, 0.3) is 0 Å². The maximum Gasteiger partial charge on any atom is 0.414 e. The van der Waals surface area contributed by atoms with Crippen molar-refractivity contribution in [1.29, 1.82) is 0 Å². The third-order valence-corrected chi connectivity index (χ3v) is 6.00. The number of carbonyl (C=O) groups excluding carboxylic acids is 1. The van der Waals surface area contributed by atoms with Crippen molar-refractivity contribution in [2.45, 2.75) is 32.6 Å². The average Bonchev–Trinajstić information content (AvgIpc) is 3.36. The van der Waals surface area contributed by atoms with Crippen LogP contribution < -0.4 is 15.5 Å². The summed E-state index contributed by atoms with van der Waals surface area (Å²) in [6, 6.07) is 4.74. The second-order valence-corrected chi connectivity index (χ2v) is 8.41. The van der Waals surface area contributed by atoms with Crippen molar-refractivity contribution in [3.63, 3.8) is 0 Å². The Morgan fingerprint density at radius 2 is 1.97 bits per heavy atom. The summed E-state index contributed by atoms with van der Waals surface area (Å²) in [6.07, 6.45) is -0.319. The number of amides is 1. The first kappa shape index (κ1) is 26.3. The second-order valence-electron chi connectivity index (χ2n) is 8.41. The van der Waals surface area contributed by atoms with Gasteiger partial charge in [0.15, 0.2) is 5.82 Å². The number of aliphatic hydroxyl groups excluding tert-OH is 1. The zero-order valence-corrected chi connectivity index (χ0v) is 20.1. The molecule has 2 fully saturated rings. The van der Waals surface area contributed by atoms with Crippen LogP contribution in [-0.2, 0) is 11.3 Å². The molecule has 0 saturated carbocycles. The molecular formula is C22H32FN7O5. The van der Waals surface area contributed by atoms with Crippen LogP contribution in [0.25, 0.3) is 0 Å². The molecule has 192 valence electrons. The molecule has 4 rings (SSSR count). The Labute approximate surface area is 202 Å². The number of ether oxygens (including phenoxy) is 1. The van der Waals surface area contributed by atoms with Gasteiger partial charge in [-0.3, -0.25) is 9.80 Å². The fourth-order valence-corrected chi connectivity index (χ4v) is 4.30. The molecule has 2 aliphatic heterocycles. The summed E-state index contributed by atoms with van der Waals surface area (Å²) in [5.74, 6) is -0.0793. The van der Waals surface area contributed by atoms with Gasteiger partial charge in [-0.2, -0.15) is 0 Å². The molecule has 1 aromatic carbocycles. The predicted octanol–water partition coefficient (Wildman–Crippen LogP) is 1.34. The van der Waals surface area contributed by atoms with E-state index in [9.17, 15) is 24.4 Å². The molecule has 35 heavy (non-hydrogen) atoms. The van der Waals surface area contributed by atoms with Crippen molar-refractivity contribution in [2.75, 3.05) is 56.1 Å². The van der Waals surface area contributed by atoms with Crippen LogP contribution in [0.1, 0.15) is 12.7 Å². The summed E-state index contributed by atoms with van der Waals surface area (Å²) in [5.41, 5.74) is 5.43. The van der Waals surface area contributed by atoms with E-state index in [1.54, 1.807) is 26.0 Å². The van der Waals surface area contributed by atoms with Gasteiger partial charge in [0.1, 0.15) is 30.8 Å². The van der Waals surface area contributed by atoms with Crippen LogP contribution >= 0.6 is 0 Å². The summed E-state index contributed by atoms with van der Waals surface area (Å²) < 4.78 is 21.3. The number of rotatable bonds is 7. The van der Waals surface area contributed by atoms with Gasteiger partial charge in [-0.05, 0) is 37.1 Å². The van der Waals surface area contributed by atoms with Crippen LogP contribution in [0.3, 0.4) is 0 Å². The molecule has 3 heterocycles. The van der Waals surface area contributed by atoms with E-state index in [4.69, 9.17) is 4.74 Å². The normalized spacial score (nSPS) is 19.3. The molecule has 2 atom stereocenters. The van der Waals surface area contributed by atoms with E-state index >= 15 is 0 Å². The summed E-state index contributed by atoms with van der Waals surface area (Å²) in [6.45, 7) is 6.61. The Hall–Kier alpha value is -3.29. The number of hydrogen-bond donors (Lipinski definition) is 2. The first-order chi connectivity index (χ1) is 16.7. The Morgan fingerprint density at radius 1 is 1.29 bits per heavy atom. The number of imidazole rings is 1. The Kier molecular flexibility index (Phi) is 8.59. The maximum absolute atomic E-state index is 14.8. The minimum Gasteiger partial charge on any atom is -0.444 e. The van der Waals surface area contributed by atoms with E-state index < -0.39 is 22.9 Å². The monoisotopic (exact) mass is 493 g/mol. The molecule has 0 spiro atoms. The van der Waals surface area contributed by atoms with Gasteiger partial charge in [0.2, 0.25) is 0 Å². The zero-order chi connectivity index (χ0) is 25.7. The van der Waals surface area contributed by atoms with Crippen LogP contribution in [0.2, 0.25) is 0 Å². The lowest BCUT2D eigenvalue weighted by Gasteiger charge is -2.37. The van der Waals surface area contributed by atoms with Crippen LogP contribution in [0.15, 0.2) is 24.4 Å². The van der Waals surface area contributed by atoms with E-state index in [1.165, 1.54) is 28.8 Å². The summed E-state index contributed by atoms with van der Waals surface area (Å²) >= 11 is 0. The molecule has 12 nitrogen and oxygen atoms in total. The fraction of sp³-hybridized carbons (Fsp3) is 0.545. The number of benzene rings is 1. The Morgan fingerprint density at radius 3 is 2.54 bits per heavy atom. The number of nitro groups is 1. The number of aryl methyl sites for hydroxylation is 1. The zero-order valence-electron chi connectivity index (χ0n) is 20.1. The van der Waals surface area contributed by atoms with Crippen molar-refractivity contribution in [3.8, 4) is 0 Å². The fourth-order valence-electron chi connectivity index (χ4n) is 4.30. The van der Waals surface area contributed by atoms with Crippen molar-refractivity contribution in [1.82, 2.24) is 14.5 Å². The minimum absolute atomic E-state index is 0.0794.